The van der Waals surface area contributed by atoms with E-state index >= 15 is 0 Å². The van der Waals surface area contributed by atoms with Gasteiger partial charge < -0.3 is 14.3 Å². The van der Waals surface area contributed by atoms with Crippen molar-refractivity contribution in [1.82, 2.24) is 0 Å². The van der Waals surface area contributed by atoms with Crippen LogP contribution in [0.5, 0.6) is 5.75 Å². The van der Waals surface area contributed by atoms with Gasteiger partial charge in [-0.25, -0.2) is 4.79 Å². The van der Waals surface area contributed by atoms with Crippen LogP contribution in [0.15, 0.2) is 39.5 Å². The first-order chi connectivity index (χ1) is 12.8. The van der Waals surface area contributed by atoms with Crippen molar-refractivity contribution in [3.8, 4) is 5.75 Å². The molecule has 5 unspecified atom stereocenters. The lowest BCUT2D eigenvalue weighted by atomic mass is 9.48. The van der Waals surface area contributed by atoms with E-state index in [9.17, 15) is 9.90 Å². The summed E-state index contributed by atoms with van der Waals surface area (Å²) in [5.41, 5.74) is 0.482. The zero-order valence-electron chi connectivity index (χ0n) is 16.5. The summed E-state index contributed by atoms with van der Waals surface area (Å²) in [6, 6.07) is 8.90. The molecule has 0 aliphatic heterocycles. The predicted molar refractivity (Wildman–Crippen MR) is 106 cm³/mol. The van der Waals surface area contributed by atoms with Gasteiger partial charge in [-0.3, -0.25) is 0 Å². The van der Waals surface area contributed by atoms with Crippen molar-refractivity contribution >= 4 is 11.0 Å². The molecule has 5 atom stereocenters. The number of ether oxygens (including phenoxy) is 1. The normalized spacial score (nSPS) is 36.4. The molecule has 27 heavy (non-hydrogen) atoms. The summed E-state index contributed by atoms with van der Waals surface area (Å²) in [4.78, 5) is 11.5. The maximum absolute atomic E-state index is 11.5. The highest BCUT2D eigenvalue weighted by molar-refractivity contribution is 5.77. The van der Waals surface area contributed by atoms with Gasteiger partial charge in [0.15, 0.2) is 0 Å². The fourth-order valence-corrected chi connectivity index (χ4v) is 5.82. The van der Waals surface area contributed by atoms with Crippen molar-refractivity contribution in [3.63, 3.8) is 0 Å². The highest BCUT2D eigenvalue weighted by atomic mass is 16.5. The van der Waals surface area contributed by atoms with Crippen LogP contribution in [0, 0.1) is 22.7 Å². The summed E-state index contributed by atoms with van der Waals surface area (Å²) < 4.78 is 11.5. The van der Waals surface area contributed by atoms with Gasteiger partial charge >= 0.3 is 5.63 Å². The van der Waals surface area contributed by atoms with Crippen LogP contribution < -0.4 is 10.4 Å². The van der Waals surface area contributed by atoms with Crippen LogP contribution in [0.1, 0.15) is 52.9 Å². The van der Waals surface area contributed by atoms with Gasteiger partial charge in [0.25, 0.3) is 0 Å². The van der Waals surface area contributed by atoms with Gasteiger partial charge in [0.2, 0.25) is 0 Å². The van der Waals surface area contributed by atoms with E-state index in [4.69, 9.17) is 9.15 Å². The molecule has 1 heterocycles. The van der Waals surface area contributed by atoms with Crippen molar-refractivity contribution in [2.75, 3.05) is 6.61 Å². The van der Waals surface area contributed by atoms with E-state index in [0.717, 1.165) is 30.4 Å². The number of benzene rings is 1. The lowest BCUT2D eigenvalue weighted by molar-refractivity contribution is -0.131. The summed E-state index contributed by atoms with van der Waals surface area (Å²) in [5, 5.41) is 11.3. The largest absolute Gasteiger partial charge is 0.493 e. The van der Waals surface area contributed by atoms with Crippen LogP contribution in [0.3, 0.4) is 0 Å². The number of fused-ring (bicyclic) bond motifs is 2. The Morgan fingerprint density at radius 2 is 1.96 bits per heavy atom. The minimum atomic E-state index is -0.343. The Hall–Kier alpha value is -1.81. The molecular formula is C23H30O4. The standard InChI is InChI=1S/C23H30O4/c1-15-18(24)8-9-20-22(2,11-4-12-23(15,20)3)14-26-17-7-5-16-6-10-21(25)27-19(16)13-17/h5-7,10,13,15,18,20,24H,4,8-9,11-12,14H2,1-3H3. The Morgan fingerprint density at radius 1 is 1.19 bits per heavy atom. The second kappa shape index (κ2) is 6.66. The van der Waals surface area contributed by atoms with Gasteiger partial charge in [0.05, 0.1) is 12.7 Å². The zero-order valence-corrected chi connectivity index (χ0v) is 16.5. The van der Waals surface area contributed by atoms with Gasteiger partial charge in [-0.15, -0.1) is 0 Å². The maximum Gasteiger partial charge on any atom is 0.336 e. The average Bonchev–Trinajstić information content (AvgIpc) is 2.64. The van der Waals surface area contributed by atoms with Crippen molar-refractivity contribution in [2.24, 2.45) is 22.7 Å². The average molecular weight is 370 g/mol. The molecule has 0 spiro atoms. The van der Waals surface area contributed by atoms with E-state index in [1.165, 1.54) is 18.9 Å². The minimum absolute atomic E-state index is 0.0912. The maximum atomic E-state index is 11.5. The summed E-state index contributed by atoms with van der Waals surface area (Å²) in [6.07, 6.45) is 5.28. The molecule has 2 saturated carbocycles. The number of hydrogen-bond donors (Lipinski definition) is 1. The van der Waals surface area contributed by atoms with Gasteiger partial charge in [-0.2, -0.15) is 0 Å². The van der Waals surface area contributed by atoms with Crippen LogP contribution in [0.2, 0.25) is 0 Å². The predicted octanol–water partition coefficient (Wildman–Crippen LogP) is 4.78. The third kappa shape index (κ3) is 3.18. The second-order valence-corrected chi connectivity index (χ2v) is 9.24. The molecule has 2 aromatic rings. The topological polar surface area (TPSA) is 59.7 Å². The fraction of sp³-hybridized carbons (Fsp3) is 0.609. The van der Waals surface area contributed by atoms with E-state index < -0.39 is 0 Å². The Bertz CT molecular complexity index is 887. The van der Waals surface area contributed by atoms with Crippen LogP contribution in [-0.4, -0.2) is 17.8 Å². The first kappa shape index (κ1) is 18.5. The molecule has 1 N–H and O–H groups in total. The highest BCUT2D eigenvalue weighted by Crippen LogP contribution is 2.59. The molecule has 0 amide bonds. The smallest absolute Gasteiger partial charge is 0.336 e. The molecule has 1 aromatic heterocycles. The number of rotatable bonds is 3. The molecule has 146 valence electrons. The lowest BCUT2D eigenvalue weighted by Crippen LogP contribution is -2.54. The van der Waals surface area contributed by atoms with Crippen molar-refractivity contribution in [1.29, 1.82) is 0 Å². The third-order valence-corrected chi connectivity index (χ3v) is 7.63. The summed E-state index contributed by atoms with van der Waals surface area (Å²) in [7, 11) is 0. The Morgan fingerprint density at radius 3 is 2.78 bits per heavy atom. The SMILES string of the molecule is CC1C(O)CCC2C(C)(COc3ccc4ccc(=O)oc4c3)CCCC12C. The molecule has 1 aromatic carbocycles. The highest BCUT2D eigenvalue weighted by Gasteiger charge is 2.54. The van der Waals surface area contributed by atoms with Crippen molar-refractivity contribution < 1.29 is 14.3 Å². The number of aliphatic hydroxyl groups excluding tert-OH is 1. The van der Waals surface area contributed by atoms with E-state index in [1.807, 2.05) is 18.2 Å². The molecule has 4 rings (SSSR count). The van der Waals surface area contributed by atoms with Crippen molar-refractivity contribution in [2.45, 2.75) is 59.0 Å². The Balaban J connectivity index is 1.55. The molecule has 2 aliphatic carbocycles. The van der Waals surface area contributed by atoms with Crippen LogP contribution >= 0.6 is 0 Å². The van der Waals surface area contributed by atoms with Crippen LogP contribution in [-0.2, 0) is 0 Å². The molecular weight excluding hydrogens is 340 g/mol. The van der Waals surface area contributed by atoms with Crippen molar-refractivity contribution in [3.05, 3.63) is 40.8 Å². The third-order valence-electron chi connectivity index (χ3n) is 7.63. The molecule has 4 nitrogen and oxygen atoms in total. The van der Waals surface area contributed by atoms with E-state index in [0.29, 0.717) is 24.0 Å². The molecule has 0 radical (unpaired) electrons. The molecule has 0 bridgehead atoms. The van der Waals surface area contributed by atoms with Gasteiger partial charge in [-0.1, -0.05) is 27.2 Å². The van der Waals surface area contributed by atoms with Gasteiger partial charge in [0, 0.05) is 22.9 Å². The molecule has 4 heteroatoms. The first-order valence-electron chi connectivity index (χ1n) is 10.2. The molecule has 2 fully saturated rings. The van der Waals surface area contributed by atoms with E-state index in [2.05, 4.69) is 20.8 Å². The lowest BCUT2D eigenvalue weighted by Gasteiger charge is -2.58. The number of aliphatic hydroxyl groups is 1. The Labute approximate surface area is 160 Å². The van der Waals surface area contributed by atoms with E-state index in [1.54, 1.807) is 6.07 Å². The molecule has 2 aliphatic rings. The fourth-order valence-electron chi connectivity index (χ4n) is 5.82. The van der Waals surface area contributed by atoms with Gasteiger partial charge in [-0.05, 0) is 61.1 Å². The van der Waals surface area contributed by atoms with Crippen LogP contribution in [0.25, 0.3) is 11.0 Å². The van der Waals surface area contributed by atoms with Gasteiger partial charge in [0.1, 0.15) is 11.3 Å². The summed E-state index contributed by atoms with van der Waals surface area (Å²) in [6.45, 7) is 7.58. The quantitative estimate of drug-likeness (QED) is 0.790. The Kier molecular flexibility index (Phi) is 4.58. The first-order valence-corrected chi connectivity index (χ1v) is 10.2. The van der Waals surface area contributed by atoms with Crippen LogP contribution in [0.4, 0.5) is 0 Å². The number of hydrogen-bond acceptors (Lipinski definition) is 4. The van der Waals surface area contributed by atoms with E-state index in [-0.39, 0.29) is 22.6 Å². The minimum Gasteiger partial charge on any atom is -0.493 e. The summed E-state index contributed by atoms with van der Waals surface area (Å²) >= 11 is 0. The second-order valence-electron chi connectivity index (χ2n) is 9.24. The summed E-state index contributed by atoms with van der Waals surface area (Å²) in [5.74, 6) is 1.62. The monoisotopic (exact) mass is 370 g/mol. The zero-order chi connectivity index (χ0) is 19.2. The molecule has 0 saturated heterocycles.